The molecule has 1 aliphatic rings. The molecule has 1 aliphatic carbocycles. The fourth-order valence-electron chi connectivity index (χ4n) is 0.946. The van der Waals surface area contributed by atoms with Crippen molar-refractivity contribution >= 4 is 11.7 Å². The van der Waals surface area contributed by atoms with E-state index in [0.29, 0.717) is 12.1 Å². The van der Waals surface area contributed by atoms with Crippen molar-refractivity contribution in [1.82, 2.24) is 0 Å². The molecule has 2 unspecified atom stereocenters. The summed E-state index contributed by atoms with van der Waals surface area (Å²) < 4.78 is 0. The largest absolute Gasteiger partial charge is 0.481 e. The maximum Gasteiger partial charge on any atom is 0.307 e. The van der Waals surface area contributed by atoms with Crippen LogP contribution in [0.3, 0.4) is 0 Å². The van der Waals surface area contributed by atoms with Gasteiger partial charge in [0.15, 0.2) is 0 Å². The van der Waals surface area contributed by atoms with Crippen molar-refractivity contribution in [3.8, 4) is 0 Å². The third-order valence-corrected chi connectivity index (χ3v) is 1.66. The molecule has 3 nitrogen and oxygen atoms in total. The van der Waals surface area contributed by atoms with E-state index in [2.05, 4.69) is 0 Å². The van der Waals surface area contributed by atoms with Crippen molar-refractivity contribution < 1.29 is 9.90 Å². The fraction of sp³-hybridized carbons (Fsp3) is 0.667. The molecule has 1 fully saturated rings. The SMILES string of the molecule is CC(=N)C1CC1C(=O)O. The predicted octanol–water partition coefficient (Wildman–Crippen LogP) is 0.747. The molecule has 0 aromatic rings. The predicted molar refractivity (Wildman–Crippen MR) is 32.6 cm³/mol. The molecule has 2 atom stereocenters. The van der Waals surface area contributed by atoms with Crippen LogP contribution < -0.4 is 0 Å². The zero-order valence-corrected chi connectivity index (χ0v) is 5.22. The van der Waals surface area contributed by atoms with Gasteiger partial charge < -0.3 is 10.5 Å². The maximum absolute atomic E-state index is 10.2. The summed E-state index contributed by atoms with van der Waals surface area (Å²) in [5.41, 5.74) is 0.502. The van der Waals surface area contributed by atoms with Gasteiger partial charge in [0, 0.05) is 11.6 Å². The van der Waals surface area contributed by atoms with Crippen LogP contribution in [0.2, 0.25) is 0 Å². The Morgan fingerprint density at radius 2 is 2.22 bits per heavy atom. The lowest BCUT2D eigenvalue weighted by molar-refractivity contribution is -0.138. The maximum atomic E-state index is 10.2. The van der Waals surface area contributed by atoms with Crippen molar-refractivity contribution in [3.05, 3.63) is 0 Å². The van der Waals surface area contributed by atoms with Gasteiger partial charge in [0.25, 0.3) is 0 Å². The molecule has 1 rings (SSSR count). The number of carboxylic acids is 1. The third kappa shape index (κ3) is 1.09. The highest BCUT2D eigenvalue weighted by Crippen LogP contribution is 2.39. The van der Waals surface area contributed by atoms with E-state index in [-0.39, 0.29) is 11.8 Å². The first-order valence-electron chi connectivity index (χ1n) is 2.90. The number of hydrogen-bond donors (Lipinski definition) is 2. The average Bonchev–Trinajstić information content (AvgIpc) is 2.39. The summed E-state index contributed by atoms with van der Waals surface area (Å²) in [4.78, 5) is 10.2. The fourth-order valence-corrected chi connectivity index (χ4v) is 0.946. The summed E-state index contributed by atoms with van der Waals surface area (Å²) in [5.74, 6) is -0.961. The molecule has 0 radical (unpaired) electrons. The van der Waals surface area contributed by atoms with E-state index in [4.69, 9.17) is 10.5 Å². The summed E-state index contributed by atoms with van der Waals surface area (Å²) >= 11 is 0. The van der Waals surface area contributed by atoms with E-state index < -0.39 is 5.97 Å². The molecule has 0 saturated heterocycles. The van der Waals surface area contributed by atoms with Gasteiger partial charge in [-0.15, -0.1) is 0 Å². The second-order valence-electron chi connectivity index (χ2n) is 2.47. The van der Waals surface area contributed by atoms with E-state index in [1.807, 2.05) is 0 Å². The summed E-state index contributed by atoms with van der Waals surface area (Å²) in [7, 11) is 0. The highest BCUT2D eigenvalue weighted by molar-refractivity contribution is 5.90. The van der Waals surface area contributed by atoms with E-state index in [1.165, 1.54) is 0 Å². The number of rotatable bonds is 2. The summed E-state index contributed by atoms with van der Waals surface area (Å²) in [6.45, 7) is 1.66. The molecule has 0 aromatic carbocycles. The van der Waals surface area contributed by atoms with E-state index in [9.17, 15) is 4.79 Å². The number of nitrogens with one attached hydrogen (secondary N) is 1. The number of hydrogen-bond acceptors (Lipinski definition) is 2. The number of carbonyl (C=O) groups is 1. The van der Waals surface area contributed by atoms with Gasteiger partial charge >= 0.3 is 5.97 Å². The summed E-state index contributed by atoms with van der Waals surface area (Å²) in [6, 6.07) is 0. The first kappa shape index (κ1) is 6.26. The van der Waals surface area contributed by atoms with Crippen LogP contribution in [0.5, 0.6) is 0 Å². The highest BCUT2D eigenvalue weighted by Gasteiger charge is 2.44. The molecule has 0 heterocycles. The highest BCUT2D eigenvalue weighted by atomic mass is 16.4. The van der Waals surface area contributed by atoms with Crippen molar-refractivity contribution in [3.63, 3.8) is 0 Å². The quantitative estimate of drug-likeness (QED) is 0.537. The van der Waals surface area contributed by atoms with E-state index in [1.54, 1.807) is 6.92 Å². The van der Waals surface area contributed by atoms with E-state index >= 15 is 0 Å². The monoisotopic (exact) mass is 127 g/mol. The molecular formula is C6H9NO2. The Kier molecular flexibility index (Phi) is 1.27. The lowest BCUT2D eigenvalue weighted by atomic mass is 10.2. The van der Waals surface area contributed by atoms with Gasteiger partial charge in [0.05, 0.1) is 5.92 Å². The Hall–Kier alpha value is -0.860. The first-order valence-corrected chi connectivity index (χ1v) is 2.90. The average molecular weight is 127 g/mol. The van der Waals surface area contributed by atoms with Gasteiger partial charge in [-0.3, -0.25) is 4.79 Å². The van der Waals surface area contributed by atoms with Crippen LogP contribution in [0.25, 0.3) is 0 Å². The Morgan fingerprint density at radius 1 is 1.67 bits per heavy atom. The Morgan fingerprint density at radius 3 is 2.33 bits per heavy atom. The second-order valence-corrected chi connectivity index (χ2v) is 2.47. The summed E-state index contributed by atoms with van der Waals surface area (Å²) in [5, 5.41) is 15.4. The van der Waals surface area contributed by atoms with Crippen LogP contribution in [0, 0.1) is 17.2 Å². The van der Waals surface area contributed by atoms with Crippen LogP contribution in [0.4, 0.5) is 0 Å². The van der Waals surface area contributed by atoms with Crippen LogP contribution in [0.15, 0.2) is 0 Å². The van der Waals surface area contributed by atoms with Gasteiger partial charge in [0.2, 0.25) is 0 Å². The molecule has 0 amide bonds. The van der Waals surface area contributed by atoms with Gasteiger partial charge in [-0.1, -0.05) is 0 Å². The van der Waals surface area contributed by atoms with Crippen LogP contribution in [-0.4, -0.2) is 16.8 Å². The molecule has 3 heteroatoms. The molecule has 0 bridgehead atoms. The van der Waals surface area contributed by atoms with Crippen molar-refractivity contribution in [1.29, 1.82) is 5.41 Å². The van der Waals surface area contributed by atoms with E-state index in [0.717, 1.165) is 0 Å². The van der Waals surface area contributed by atoms with Gasteiger partial charge in [-0.05, 0) is 13.3 Å². The Balaban J connectivity index is 2.42. The summed E-state index contributed by atoms with van der Waals surface area (Å²) in [6.07, 6.45) is 0.671. The molecular weight excluding hydrogens is 118 g/mol. The second kappa shape index (κ2) is 1.83. The number of aliphatic carboxylic acids is 1. The standard InChI is InChI=1S/C6H9NO2/c1-3(7)4-2-5(4)6(8)9/h4-5,7H,2H2,1H3,(H,8,9). The van der Waals surface area contributed by atoms with Crippen LogP contribution in [0.1, 0.15) is 13.3 Å². The topological polar surface area (TPSA) is 61.2 Å². The molecule has 9 heavy (non-hydrogen) atoms. The first-order chi connectivity index (χ1) is 4.13. The lowest BCUT2D eigenvalue weighted by Gasteiger charge is -1.88. The zero-order chi connectivity index (χ0) is 7.02. The van der Waals surface area contributed by atoms with Crippen molar-refractivity contribution in [2.45, 2.75) is 13.3 Å². The lowest BCUT2D eigenvalue weighted by Crippen LogP contribution is -2.03. The van der Waals surface area contributed by atoms with Crippen LogP contribution in [-0.2, 0) is 4.79 Å². The Labute approximate surface area is 53.2 Å². The molecule has 0 aliphatic heterocycles. The minimum absolute atomic E-state index is 0.0440. The minimum atomic E-state index is -0.758. The van der Waals surface area contributed by atoms with Crippen molar-refractivity contribution in [2.75, 3.05) is 0 Å². The number of carboxylic acid groups (broad SMARTS) is 1. The Bertz CT molecular complexity index is 146. The molecule has 50 valence electrons. The molecule has 0 aromatic heterocycles. The molecule has 1 saturated carbocycles. The normalized spacial score (nSPS) is 31.7. The molecule has 2 N–H and O–H groups in total. The third-order valence-electron chi connectivity index (χ3n) is 1.66. The van der Waals surface area contributed by atoms with Crippen LogP contribution >= 0.6 is 0 Å². The smallest absolute Gasteiger partial charge is 0.307 e. The minimum Gasteiger partial charge on any atom is -0.481 e. The van der Waals surface area contributed by atoms with Gasteiger partial charge in [-0.2, -0.15) is 0 Å². The van der Waals surface area contributed by atoms with Gasteiger partial charge in [0.1, 0.15) is 0 Å². The zero-order valence-electron chi connectivity index (χ0n) is 5.22. The molecule has 0 spiro atoms. The van der Waals surface area contributed by atoms with Crippen molar-refractivity contribution in [2.24, 2.45) is 11.8 Å². The van der Waals surface area contributed by atoms with Gasteiger partial charge in [-0.25, -0.2) is 0 Å².